The molecule has 3 heterocycles. The summed E-state index contributed by atoms with van der Waals surface area (Å²) in [7, 11) is -3.46. The van der Waals surface area contributed by atoms with E-state index < -0.39 is 16.1 Å². The number of nitrogens with one attached hydrogen (secondary N) is 3. The van der Waals surface area contributed by atoms with E-state index in [1.54, 1.807) is 47.4 Å². The minimum absolute atomic E-state index is 0.148. The Bertz CT molecular complexity index is 1830. The molecule has 0 aliphatic carbocycles. The number of ether oxygens (including phenoxy) is 1. The molecule has 2 aromatic carbocycles. The van der Waals surface area contributed by atoms with Crippen LogP contribution in [0.2, 0.25) is 0 Å². The molecule has 0 radical (unpaired) electrons. The first-order valence-electron chi connectivity index (χ1n) is 12.7. The van der Waals surface area contributed by atoms with E-state index in [-0.39, 0.29) is 11.2 Å². The third-order valence-electron chi connectivity index (χ3n) is 5.96. The van der Waals surface area contributed by atoms with Crippen LogP contribution in [-0.2, 0) is 15.4 Å². The van der Waals surface area contributed by atoms with E-state index in [9.17, 15) is 13.2 Å². The van der Waals surface area contributed by atoms with Gasteiger partial charge in [-0.3, -0.25) is 15.0 Å². The van der Waals surface area contributed by atoms with Gasteiger partial charge in [0, 0.05) is 47.2 Å². The van der Waals surface area contributed by atoms with Crippen molar-refractivity contribution in [2.45, 2.75) is 26.2 Å². The molecule has 0 spiro atoms. The lowest BCUT2D eigenvalue weighted by atomic mass is 9.92. The van der Waals surface area contributed by atoms with Gasteiger partial charge in [-0.05, 0) is 53.9 Å². The number of urea groups is 1. The molecule has 0 fully saturated rings. The van der Waals surface area contributed by atoms with E-state index >= 15 is 0 Å². The average molecular weight is 572 g/mol. The Hall–Kier alpha value is -4.97. The summed E-state index contributed by atoms with van der Waals surface area (Å²) in [6, 6.07) is 19.1. The first kappa shape index (κ1) is 27.6. The summed E-state index contributed by atoms with van der Waals surface area (Å²) >= 11 is 0. The molecular weight excluding hydrogens is 542 g/mol. The monoisotopic (exact) mass is 571 g/mol. The van der Waals surface area contributed by atoms with Crippen LogP contribution in [0.4, 0.5) is 22.1 Å². The number of aromatic nitrogens is 4. The van der Waals surface area contributed by atoms with Crippen LogP contribution in [0.25, 0.3) is 16.5 Å². The number of sulfonamides is 1. The second-order valence-electron chi connectivity index (χ2n) is 10.4. The van der Waals surface area contributed by atoms with Crippen molar-refractivity contribution in [2.24, 2.45) is 0 Å². The molecule has 3 N–H and O–H groups in total. The molecule has 5 aromatic rings. The van der Waals surface area contributed by atoms with Crippen molar-refractivity contribution in [3.63, 3.8) is 0 Å². The van der Waals surface area contributed by atoms with Gasteiger partial charge in [0.2, 0.25) is 10.0 Å². The Balaban J connectivity index is 1.30. The highest BCUT2D eigenvalue weighted by molar-refractivity contribution is 7.92. The Morgan fingerprint density at radius 3 is 2.39 bits per heavy atom. The maximum Gasteiger partial charge on any atom is 0.324 e. The molecule has 0 aliphatic heterocycles. The SMILES string of the molecule is CC(C)(C)c1cc(NC(=O)Nc2ccc(Oc3ccnc(NS(C)(=O)=O)c3)cc2)n(-c2ccc3cnccc3c2)n1. The summed E-state index contributed by atoms with van der Waals surface area (Å²) in [5.41, 5.74) is 1.95. The first-order chi connectivity index (χ1) is 19.4. The van der Waals surface area contributed by atoms with E-state index in [2.05, 4.69) is 46.1 Å². The molecule has 12 heteroatoms. The predicted molar refractivity (Wildman–Crippen MR) is 159 cm³/mol. The zero-order valence-corrected chi connectivity index (χ0v) is 23.7. The van der Waals surface area contributed by atoms with Gasteiger partial charge in [-0.15, -0.1) is 0 Å². The van der Waals surface area contributed by atoms with Gasteiger partial charge in [0.15, 0.2) is 0 Å². The van der Waals surface area contributed by atoms with Crippen LogP contribution in [0.15, 0.2) is 85.3 Å². The second kappa shape index (κ2) is 10.9. The Kier molecular flexibility index (Phi) is 7.33. The van der Waals surface area contributed by atoms with Gasteiger partial charge in [-0.25, -0.2) is 22.9 Å². The Morgan fingerprint density at radius 1 is 0.878 bits per heavy atom. The number of carbonyl (C=O) groups excluding carboxylic acids is 1. The van der Waals surface area contributed by atoms with Gasteiger partial charge in [0.05, 0.1) is 17.6 Å². The van der Waals surface area contributed by atoms with Crippen molar-refractivity contribution in [2.75, 3.05) is 21.6 Å². The molecule has 0 unspecified atom stereocenters. The van der Waals surface area contributed by atoms with Crippen molar-refractivity contribution in [3.8, 4) is 17.2 Å². The minimum atomic E-state index is -3.46. The molecule has 0 atom stereocenters. The summed E-state index contributed by atoms with van der Waals surface area (Å²) < 4.78 is 32.7. The molecule has 5 rings (SSSR count). The number of fused-ring (bicyclic) bond motifs is 1. The summed E-state index contributed by atoms with van der Waals surface area (Å²) in [6.45, 7) is 6.19. The van der Waals surface area contributed by atoms with Crippen LogP contribution in [0.1, 0.15) is 26.5 Å². The molecular formula is C29H29N7O4S. The van der Waals surface area contributed by atoms with Crippen molar-refractivity contribution in [1.29, 1.82) is 0 Å². The lowest BCUT2D eigenvalue weighted by Crippen LogP contribution is -2.21. The van der Waals surface area contributed by atoms with Crippen molar-refractivity contribution in [3.05, 3.63) is 91.0 Å². The van der Waals surface area contributed by atoms with Gasteiger partial charge < -0.3 is 10.1 Å². The van der Waals surface area contributed by atoms with Crippen LogP contribution in [0.3, 0.4) is 0 Å². The van der Waals surface area contributed by atoms with Crippen LogP contribution in [-0.4, -0.2) is 40.5 Å². The van der Waals surface area contributed by atoms with Crippen LogP contribution >= 0.6 is 0 Å². The van der Waals surface area contributed by atoms with Crippen LogP contribution in [0.5, 0.6) is 11.5 Å². The van der Waals surface area contributed by atoms with E-state index in [4.69, 9.17) is 9.84 Å². The zero-order valence-electron chi connectivity index (χ0n) is 22.9. The molecule has 41 heavy (non-hydrogen) atoms. The third kappa shape index (κ3) is 6.97. The van der Waals surface area contributed by atoms with E-state index in [0.717, 1.165) is 28.4 Å². The molecule has 3 aromatic heterocycles. The highest BCUT2D eigenvalue weighted by atomic mass is 32.2. The second-order valence-corrected chi connectivity index (χ2v) is 12.2. The fraction of sp³-hybridized carbons (Fsp3) is 0.172. The molecule has 0 aliphatic rings. The number of pyridine rings is 2. The average Bonchev–Trinajstić information content (AvgIpc) is 3.33. The fourth-order valence-corrected chi connectivity index (χ4v) is 4.47. The van der Waals surface area contributed by atoms with Gasteiger partial charge in [-0.2, -0.15) is 5.10 Å². The highest BCUT2D eigenvalue weighted by Crippen LogP contribution is 2.28. The fourth-order valence-electron chi connectivity index (χ4n) is 3.98. The lowest BCUT2D eigenvalue weighted by Gasteiger charge is -2.14. The van der Waals surface area contributed by atoms with Crippen molar-refractivity contribution in [1.82, 2.24) is 19.7 Å². The van der Waals surface area contributed by atoms with Crippen LogP contribution in [0, 0.1) is 0 Å². The van der Waals surface area contributed by atoms with Gasteiger partial charge in [0.25, 0.3) is 0 Å². The summed E-state index contributed by atoms with van der Waals surface area (Å²) in [6.07, 6.45) is 6.02. The number of hydrogen-bond acceptors (Lipinski definition) is 7. The number of amides is 2. The number of benzene rings is 2. The largest absolute Gasteiger partial charge is 0.457 e. The third-order valence-corrected chi connectivity index (χ3v) is 6.54. The van der Waals surface area contributed by atoms with E-state index in [0.29, 0.717) is 23.0 Å². The van der Waals surface area contributed by atoms with Crippen LogP contribution < -0.4 is 20.1 Å². The quantitative estimate of drug-likeness (QED) is 0.220. The van der Waals surface area contributed by atoms with Gasteiger partial charge in [-0.1, -0.05) is 26.8 Å². The molecule has 0 bridgehead atoms. The topological polar surface area (TPSA) is 140 Å². The van der Waals surface area contributed by atoms with E-state index in [1.807, 2.05) is 30.3 Å². The summed E-state index contributed by atoms with van der Waals surface area (Å²) in [5, 5.41) is 12.6. The zero-order chi connectivity index (χ0) is 29.2. The molecule has 11 nitrogen and oxygen atoms in total. The Morgan fingerprint density at radius 2 is 1.66 bits per heavy atom. The summed E-state index contributed by atoms with van der Waals surface area (Å²) in [4.78, 5) is 21.1. The van der Waals surface area contributed by atoms with Crippen molar-refractivity contribution < 1.29 is 17.9 Å². The van der Waals surface area contributed by atoms with Gasteiger partial charge in [0.1, 0.15) is 23.1 Å². The minimum Gasteiger partial charge on any atom is -0.457 e. The lowest BCUT2D eigenvalue weighted by molar-refractivity contribution is 0.262. The van der Waals surface area contributed by atoms with Crippen molar-refractivity contribution >= 4 is 44.1 Å². The smallest absolute Gasteiger partial charge is 0.324 e. The molecule has 0 saturated carbocycles. The summed E-state index contributed by atoms with van der Waals surface area (Å²) in [5.74, 6) is 1.57. The molecule has 2 amide bonds. The first-order valence-corrected chi connectivity index (χ1v) is 14.6. The Labute approximate surface area is 237 Å². The number of nitrogens with zero attached hydrogens (tertiary/aromatic N) is 4. The predicted octanol–water partition coefficient (Wildman–Crippen LogP) is 5.92. The number of hydrogen-bond donors (Lipinski definition) is 3. The maximum absolute atomic E-state index is 13.0. The number of carbonyl (C=O) groups is 1. The molecule has 0 saturated heterocycles. The standard InChI is InChI=1S/C29H29N7O4S/c1-29(2,3)25-17-27(36(34-25)22-8-5-20-18-30-13-11-19(20)15-22)33-28(37)32-21-6-9-23(10-7-21)40-24-12-14-31-26(16-24)35-41(4,38)39/h5-18H,1-4H3,(H,31,35)(H2,32,33,37). The highest BCUT2D eigenvalue weighted by Gasteiger charge is 2.22. The number of anilines is 3. The maximum atomic E-state index is 13.0. The molecule has 210 valence electrons. The van der Waals surface area contributed by atoms with Gasteiger partial charge >= 0.3 is 6.03 Å². The normalized spacial score (nSPS) is 11.7. The number of rotatable bonds is 7. The van der Waals surface area contributed by atoms with E-state index in [1.165, 1.54) is 12.3 Å².